The molecule has 22 heavy (non-hydrogen) atoms. The van der Waals surface area contributed by atoms with Gasteiger partial charge < -0.3 is 14.3 Å². The molecule has 0 bridgehead atoms. The second kappa shape index (κ2) is 5.73. The molecule has 3 aromatic rings. The van der Waals surface area contributed by atoms with Gasteiger partial charge >= 0.3 is 11.6 Å². The van der Waals surface area contributed by atoms with Gasteiger partial charge in [-0.3, -0.25) is 0 Å². The van der Waals surface area contributed by atoms with Gasteiger partial charge in [-0.25, -0.2) is 9.59 Å². The standard InChI is InChI=1S/C17H12O5/c18-16-8-6-12-5-7-14(9-15(12)22-16)21-10-11-1-3-13(4-2-11)17(19)20/h1-9H,10H2,(H,19,20). The van der Waals surface area contributed by atoms with Gasteiger partial charge in [-0.1, -0.05) is 12.1 Å². The fourth-order valence-corrected chi connectivity index (χ4v) is 2.04. The zero-order valence-corrected chi connectivity index (χ0v) is 11.5. The molecular formula is C17H12O5. The lowest BCUT2D eigenvalue weighted by Gasteiger charge is -2.07. The van der Waals surface area contributed by atoms with Gasteiger partial charge in [-0.2, -0.15) is 0 Å². The Morgan fingerprint density at radius 3 is 2.50 bits per heavy atom. The van der Waals surface area contributed by atoms with Gasteiger partial charge in [0.05, 0.1) is 5.56 Å². The van der Waals surface area contributed by atoms with E-state index in [1.807, 2.05) is 0 Å². The first kappa shape index (κ1) is 13.9. The summed E-state index contributed by atoms with van der Waals surface area (Å²) in [5.74, 6) is -0.388. The van der Waals surface area contributed by atoms with E-state index in [1.165, 1.54) is 18.2 Å². The Kier molecular flexibility index (Phi) is 3.62. The fourth-order valence-electron chi connectivity index (χ4n) is 2.04. The van der Waals surface area contributed by atoms with E-state index in [4.69, 9.17) is 14.3 Å². The Bertz CT molecular complexity index is 877. The largest absolute Gasteiger partial charge is 0.489 e. The molecule has 5 heteroatoms. The molecule has 1 heterocycles. The minimum atomic E-state index is -0.961. The number of ether oxygens (including phenoxy) is 1. The van der Waals surface area contributed by atoms with Crippen LogP contribution >= 0.6 is 0 Å². The van der Waals surface area contributed by atoms with Crippen molar-refractivity contribution in [3.63, 3.8) is 0 Å². The molecule has 0 saturated carbocycles. The van der Waals surface area contributed by atoms with E-state index in [2.05, 4.69) is 0 Å². The highest BCUT2D eigenvalue weighted by molar-refractivity contribution is 5.87. The van der Waals surface area contributed by atoms with Gasteiger partial charge in [0.25, 0.3) is 0 Å². The molecule has 110 valence electrons. The van der Waals surface area contributed by atoms with Gasteiger partial charge in [0, 0.05) is 17.5 Å². The Morgan fingerprint density at radius 2 is 1.77 bits per heavy atom. The highest BCUT2D eigenvalue weighted by atomic mass is 16.5. The smallest absolute Gasteiger partial charge is 0.336 e. The highest BCUT2D eigenvalue weighted by Gasteiger charge is 2.03. The molecule has 0 saturated heterocycles. The number of aromatic carboxylic acids is 1. The molecule has 2 aromatic carbocycles. The summed E-state index contributed by atoms with van der Waals surface area (Å²) in [6, 6.07) is 14.8. The fraction of sp³-hybridized carbons (Fsp3) is 0.0588. The van der Waals surface area contributed by atoms with Gasteiger partial charge in [0.2, 0.25) is 0 Å². The number of hydrogen-bond donors (Lipinski definition) is 1. The number of carboxylic acids is 1. The lowest BCUT2D eigenvalue weighted by Crippen LogP contribution is -1.99. The van der Waals surface area contributed by atoms with E-state index in [9.17, 15) is 9.59 Å². The second-order valence-electron chi connectivity index (χ2n) is 4.74. The second-order valence-corrected chi connectivity index (χ2v) is 4.74. The summed E-state index contributed by atoms with van der Waals surface area (Å²) >= 11 is 0. The van der Waals surface area contributed by atoms with Crippen LogP contribution in [0.15, 0.2) is 63.8 Å². The van der Waals surface area contributed by atoms with Gasteiger partial charge in [-0.05, 0) is 35.9 Å². The molecule has 0 atom stereocenters. The molecule has 0 fully saturated rings. The van der Waals surface area contributed by atoms with Crippen LogP contribution in [-0.2, 0) is 6.61 Å². The van der Waals surface area contributed by atoms with Crippen LogP contribution in [0, 0.1) is 0 Å². The Balaban J connectivity index is 1.75. The van der Waals surface area contributed by atoms with E-state index >= 15 is 0 Å². The average molecular weight is 296 g/mol. The molecule has 0 spiro atoms. The third-order valence-corrected chi connectivity index (χ3v) is 3.20. The first-order valence-corrected chi connectivity index (χ1v) is 6.61. The summed E-state index contributed by atoms with van der Waals surface area (Å²) in [5.41, 5.74) is 1.14. The SMILES string of the molecule is O=C(O)c1ccc(COc2ccc3ccc(=O)oc3c2)cc1. The number of fused-ring (bicyclic) bond motifs is 1. The van der Waals surface area contributed by atoms with Crippen molar-refractivity contribution in [3.8, 4) is 5.75 Å². The summed E-state index contributed by atoms with van der Waals surface area (Å²) in [5, 5.41) is 9.66. The molecule has 1 aromatic heterocycles. The monoisotopic (exact) mass is 296 g/mol. The third kappa shape index (κ3) is 2.98. The maximum atomic E-state index is 11.2. The van der Waals surface area contributed by atoms with Gasteiger partial charge in [0.1, 0.15) is 17.9 Å². The Hall–Kier alpha value is -3.08. The molecule has 0 amide bonds. The highest BCUT2D eigenvalue weighted by Crippen LogP contribution is 2.20. The molecule has 0 unspecified atom stereocenters. The first-order valence-electron chi connectivity index (χ1n) is 6.61. The number of benzene rings is 2. The average Bonchev–Trinajstić information content (AvgIpc) is 2.53. The van der Waals surface area contributed by atoms with Crippen molar-refractivity contribution in [3.05, 3.63) is 76.1 Å². The van der Waals surface area contributed by atoms with E-state index < -0.39 is 11.6 Å². The summed E-state index contributed by atoms with van der Waals surface area (Å²) < 4.78 is 10.7. The number of carbonyl (C=O) groups is 1. The van der Waals surface area contributed by atoms with Crippen LogP contribution in [0.25, 0.3) is 11.0 Å². The quantitative estimate of drug-likeness (QED) is 0.749. The van der Waals surface area contributed by atoms with E-state index in [0.717, 1.165) is 10.9 Å². The molecule has 0 aliphatic rings. The van der Waals surface area contributed by atoms with Crippen LogP contribution < -0.4 is 10.4 Å². The molecule has 0 radical (unpaired) electrons. The van der Waals surface area contributed by atoms with Gasteiger partial charge in [0.15, 0.2) is 0 Å². The van der Waals surface area contributed by atoms with Crippen LogP contribution in [0.2, 0.25) is 0 Å². The maximum Gasteiger partial charge on any atom is 0.336 e. The van der Waals surface area contributed by atoms with Crippen LogP contribution in [-0.4, -0.2) is 11.1 Å². The molecule has 3 rings (SSSR count). The summed E-state index contributed by atoms with van der Waals surface area (Å²) in [7, 11) is 0. The predicted molar refractivity (Wildman–Crippen MR) is 80.2 cm³/mol. The molecule has 0 aliphatic carbocycles. The van der Waals surface area contributed by atoms with Crippen molar-refractivity contribution < 1.29 is 19.1 Å². The van der Waals surface area contributed by atoms with Crippen molar-refractivity contribution in [2.75, 3.05) is 0 Å². The van der Waals surface area contributed by atoms with Crippen LogP contribution in [0.1, 0.15) is 15.9 Å². The third-order valence-electron chi connectivity index (χ3n) is 3.20. The molecule has 1 N–H and O–H groups in total. The van der Waals surface area contributed by atoms with E-state index in [0.29, 0.717) is 17.9 Å². The Labute approximate surface area is 125 Å². The zero-order chi connectivity index (χ0) is 15.5. The van der Waals surface area contributed by atoms with Crippen molar-refractivity contribution in [2.45, 2.75) is 6.61 Å². The first-order chi connectivity index (χ1) is 10.6. The predicted octanol–water partition coefficient (Wildman–Crippen LogP) is 3.07. The van der Waals surface area contributed by atoms with E-state index in [-0.39, 0.29) is 5.56 Å². The number of rotatable bonds is 4. The topological polar surface area (TPSA) is 76.7 Å². The molecule has 5 nitrogen and oxygen atoms in total. The minimum absolute atomic E-state index is 0.233. The van der Waals surface area contributed by atoms with Crippen molar-refractivity contribution in [2.24, 2.45) is 0 Å². The maximum absolute atomic E-state index is 11.2. The number of carboxylic acid groups (broad SMARTS) is 1. The van der Waals surface area contributed by atoms with Crippen molar-refractivity contribution in [1.29, 1.82) is 0 Å². The molecule has 0 aliphatic heterocycles. The van der Waals surface area contributed by atoms with Crippen molar-refractivity contribution in [1.82, 2.24) is 0 Å². The Morgan fingerprint density at radius 1 is 1.05 bits per heavy atom. The number of hydrogen-bond acceptors (Lipinski definition) is 4. The summed E-state index contributed by atoms with van der Waals surface area (Å²) in [6.07, 6.45) is 0. The normalized spacial score (nSPS) is 10.5. The molecular weight excluding hydrogens is 284 g/mol. The zero-order valence-electron chi connectivity index (χ0n) is 11.5. The van der Waals surface area contributed by atoms with E-state index in [1.54, 1.807) is 36.4 Å². The summed E-state index contributed by atoms with van der Waals surface area (Å²) in [4.78, 5) is 22.0. The van der Waals surface area contributed by atoms with Crippen LogP contribution in [0.5, 0.6) is 5.75 Å². The summed E-state index contributed by atoms with van der Waals surface area (Å²) in [6.45, 7) is 0.294. The lowest BCUT2D eigenvalue weighted by atomic mass is 10.1. The van der Waals surface area contributed by atoms with Crippen LogP contribution in [0.4, 0.5) is 0 Å². The minimum Gasteiger partial charge on any atom is -0.489 e. The van der Waals surface area contributed by atoms with Gasteiger partial charge in [-0.15, -0.1) is 0 Å². The van der Waals surface area contributed by atoms with Crippen LogP contribution in [0.3, 0.4) is 0 Å². The lowest BCUT2D eigenvalue weighted by molar-refractivity contribution is 0.0697. The van der Waals surface area contributed by atoms with Crippen molar-refractivity contribution >= 4 is 16.9 Å².